The van der Waals surface area contributed by atoms with Crippen molar-refractivity contribution in [2.75, 3.05) is 23.8 Å². The lowest BCUT2D eigenvalue weighted by molar-refractivity contribution is 0.0211. The van der Waals surface area contributed by atoms with Crippen LogP contribution in [0.3, 0.4) is 0 Å². The Kier molecular flexibility index (Phi) is 6.02. The number of rotatable bonds is 8. The smallest absolute Gasteiger partial charge is 0.321 e. The summed E-state index contributed by atoms with van der Waals surface area (Å²) in [6, 6.07) is 14.9. The van der Waals surface area contributed by atoms with Crippen molar-refractivity contribution in [1.82, 2.24) is 19.5 Å². The number of anilines is 2. The zero-order valence-corrected chi connectivity index (χ0v) is 19.2. The maximum atomic E-state index is 5.82. The molecule has 0 aliphatic carbocycles. The van der Waals surface area contributed by atoms with Crippen LogP contribution < -0.4 is 15.4 Å². The fourth-order valence-electron chi connectivity index (χ4n) is 3.77. The number of imidazole rings is 1. The van der Waals surface area contributed by atoms with Gasteiger partial charge in [0, 0.05) is 12.7 Å². The van der Waals surface area contributed by atoms with Crippen molar-refractivity contribution in [1.29, 1.82) is 0 Å². The first-order chi connectivity index (χ1) is 16.1. The lowest BCUT2D eigenvalue weighted by atomic mass is 10.0. The number of ether oxygens (including phenoxy) is 2. The Morgan fingerprint density at radius 2 is 1.91 bits per heavy atom. The zero-order valence-electron chi connectivity index (χ0n) is 18.5. The summed E-state index contributed by atoms with van der Waals surface area (Å²) in [6.07, 6.45) is 3.91. The molecule has 2 N–H and O–H groups in total. The highest BCUT2D eigenvalue weighted by Gasteiger charge is 2.19. The Hall–Kier alpha value is -3.36. The molecule has 1 atom stereocenters. The van der Waals surface area contributed by atoms with E-state index in [0.29, 0.717) is 16.8 Å². The summed E-state index contributed by atoms with van der Waals surface area (Å²) in [6.45, 7) is 3.66. The molecule has 1 fully saturated rings. The number of hydrogen-bond acceptors (Lipinski definition) is 7. The summed E-state index contributed by atoms with van der Waals surface area (Å²) < 4.78 is 13.0. The van der Waals surface area contributed by atoms with Gasteiger partial charge >= 0.3 is 6.01 Å². The topological polar surface area (TPSA) is 86.1 Å². The molecule has 0 saturated carbocycles. The second kappa shape index (κ2) is 9.25. The molecule has 2 aromatic carbocycles. The van der Waals surface area contributed by atoms with E-state index in [2.05, 4.69) is 44.2 Å². The van der Waals surface area contributed by atoms with E-state index >= 15 is 0 Å². The SMILES string of the molecule is CCC(Nc1nc2ccc(NC3COC3)cc2n1C)c1ccc(Oc2ncc(Cl)cn2)cc1. The first-order valence-electron chi connectivity index (χ1n) is 10.9. The molecule has 3 heterocycles. The summed E-state index contributed by atoms with van der Waals surface area (Å²) in [5.74, 6) is 1.49. The van der Waals surface area contributed by atoms with Crippen LogP contribution in [0.5, 0.6) is 11.8 Å². The Bertz CT molecular complexity index is 1240. The van der Waals surface area contributed by atoms with E-state index in [-0.39, 0.29) is 12.1 Å². The van der Waals surface area contributed by atoms with Crippen molar-refractivity contribution in [3.8, 4) is 11.8 Å². The number of fused-ring (bicyclic) bond motifs is 1. The molecule has 1 aliphatic heterocycles. The van der Waals surface area contributed by atoms with Crippen LogP contribution in [0.15, 0.2) is 54.9 Å². The molecular formula is C24H25ClN6O2. The average Bonchev–Trinajstić information content (AvgIpc) is 3.11. The molecular weight excluding hydrogens is 440 g/mol. The standard InChI is InChI=1S/C24H25ClN6O2/c1-3-20(15-4-7-19(8-5-15)33-24-26-11-16(25)12-27-24)29-23-30-21-9-6-17(10-22(21)31(23)2)28-18-13-32-14-18/h4-12,18,20,28H,3,13-14H2,1-2H3,(H,29,30). The Morgan fingerprint density at radius 1 is 1.15 bits per heavy atom. The maximum absolute atomic E-state index is 5.82. The van der Waals surface area contributed by atoms with Gasteiger partial charge in [-0.25, -0.2) is 15.0 Å². The fraction of sp³-hybridized carbons (Fsp3) is 0.292. The number of aromatic nitrogens is 4. The normalized spacial score (nSPS) is 14.6. The van der Waals surface area contributed by atoms with Crippen molar-refractivity contribution in [3.05, 3.63) is 65.4 Å². The van der Waals surface area contributed by atoms with Crippen LogP contribution in [0.2, 0.25) is 5.02 Å². The first-order valence-corrected chi connectivity index (χ1v) is 11.3. The Balaban J connectivity index is 1.30. The predicted molar refractivity (Wildman–Crippen MR) is 129 cm³/mol. The van der Waals surface area contributed by atoms with Crippen molar-refractivity contribution in [3.63, 3.8) is 0 Å². The Labute approximate surface area is 196 Å². The van der Waals surface area contributed by atoms with E-state index in [1.54, 1.807) is 0 Å². The van der Waals surface area contributed by atoms with Gasteiger partial charge in [0.1, 0.15) is 5.75 Å². The van der Waals surface area contributed by atoms with Gasteiger partial charge in [-0.1, -0.05) is 30.7 Å². The molecule has 170 valence electrons. The number of aryl methyl sites for hydroxylation is 1. The third kappa shape index (κ3) is 4.72. The van der Waals surface area contributed by atoms with Gasteiger partial charge < -0.3 is 24.7 Å². The summed E-state index contributed by atoms with van der Waals surface area (Å²) in [4.78, 5) is 12.9. The summed E-state index contributed by atoms with van der Waals surface area (Å²) in [7, 11) is 2.03. The molecule has 1 aliphatic rings. The lowest BCUT2D eigenvalue weighted by Gasteiger charge is -2.27. The highest BCUT2D eigenvalue weighted by molar-refractivity contribution is 6.30. The monoisotopic (exact) mass is 464 g/mol. The van der Waals surface area contributed by atoms with Gasteiger partial charge in [-0.05, 0) is 42.3 Å². The summed E-state index contributed by atoms with van der Waals surface area (Å²) in [5, 5.41) is 7.56. The quantitative estimate of drug-likeness (QED) is 0.371. The molecule has 0 radical (unpaired) electrons. The highest BCUT2D eigenvalue weighted by Crippen LogP contribution is 2.28. The van der Waals surface area contributed by atoms with Crippen molar-refractivity contribution < 1.29 is 9.47 Å². The third-order valence-corrected chi connectivity index (χ3v) is 5.88. The van der Waals surface area contributed by atoms with E-state index in [9.17, 15) is 0 Å². The van der Waals surface area contributed by atoms with Crippen LogP contribution in [0.4, 0.5) is 11.6 Å². The largest absolute Gasteiger partial charge is 0.424 e. The van der Waals surface area contributed by atoms with E-state index in [4.69, 9.17) is 26.1 Å². The fourth-order valence-corrected chi connectivity index (χ4v) is 3.86. The molecule has 4 aromatic rings. The van der Waals surface area contributed by atoms with Crippen molar-refractivity contribution in [2.24, 2.45) is 7.05 Å². The molecule has 0 bridgehead atoms. The molecule has 0 amide bonds. The van der Waals surface area contributed by atoms with E-state index in [1.807, 2.05) is 37.4 Å². The molecule has 33 heavy (non-hydrogen) atoms. The van der Waals surface area contributed by atoms with Gasteiger partial charge in [0.25, 0.3) is 0 Å². The Morgan fingerprint density at radius 3 is 2.58 bits per heavy atom. The van der Waals surface area contributed by atoms with E-state index in [1.165, 1.54) is 12.4 Å². The number of nitrogens with zero attached hydrogens (tertiary/aromatic N) is 4. The number of benzene rings is 2. The molecule has 0 spiro atoms. The molecule has 9 heteroatoms. The second-order valence-corrected chi connectivity index (χ2v) is 8.47. The van der Waals surface area contributed by atoms with Crippen LogP contribution in [0.1, 0.15) is 24.9 Å². The van der Waals surface area contributed by atoms with Crippen molar-refractivity contribution >= 4 is 34.3 Å². The van der Waals surface area contributed by atoms with Gasteiger partial charge in [0.05, 0.1) is 53.7 Å². The van der Waals surface area contributed by atoms with E-state index < -0.39 is 0 Å². The molecule has 5 rings (SSSR count). The number of nitrogens with one attached hydrogen (secondary N) is 2. The van der Waals surface area contributed by atoms with Crippen molar-refractivity contribution in [2.45, 2.75) is 25.4 Å². The van der Waals surface area contributed by atoms with Gasteiger partial charge in [0.2, 0.25) is 5.95 Å². The summed E-state index contributed by atoms with van der Waals surface area (Å²) >= 11 is 5.82. The third-order valence-electron chi connectivity index (χ3n) is 5.69. The van der Waals surface area contributed by atoms with Gasteiger partial charge in [-0.15, -0.1) is 0 Å². The second-order valence-electron chi connectivity index (χ2n) is 8.04. The van der Waals surface area contributed by atoms with Gasteiger partial charge in [-0.3, -0.25) is 0 Å². The highest BCUT2D eigenvalue weighted by atomic mass is 35.5. The minimum Gasteiger partial charge on any atom is -0.424 e. The average molecular weight is 465 g/mol. The van der Waals surface area contributed by atoms with Crippen LogP contribution >= 0.6 is 11.6 Å². The summed E-state index contributed by atoms with van der Waals surface area (Å²) in [5.41, 5.74) is 4.25. The molecule has 8 nitrogen and oxygen atoms in total. The number of halogens is 1. The van der Waals surface area contributed by atoms with Crippen LogP contribution in [0, 0.1) is 0 Å². The molecule has 2 aromatic heterocycles. The number of hydrogen-bond donors (Lipinski definition) is 2. The van der Waals surface area contributed by atoms with E-state index in [0.717, 1.165) is 47.9 Å². The first kappa shape index (κ1) is 21.5. The van der Waals surface area contributed by atoms with Crippen LogP contribution in [-0.2, 0) is 11.8 Å². The minimum absolute atomic E-state index is 0.103. The predicted octanol–water partition coefficient (Wildman–Crippen LogP) is 5.18. The van der Waals surface area contributed by atoms with Crippen LogP contribution in [0.25, 0.3) is 11.0 Å². The molecule has 1 unspecified atom stereocenters. The maximum Gasteiger partial charge on any atom is 0.321 e. The zero-order chi connectivity index (χ0) is 22.8. The van der Waals surface area contributed by atoms with Gasteiger partial charge in [-0.2, -0.15) is 0 Å². The van der Waals surface area contributed by atoms with Gasteiger partial charge in [0.15, 0.2) is 0 Å². The minimum atomic E-state index is 0.103. The molecule has 1 saturated heterocycles. The van der Waals surface area contributed by atoms with Crippen LogP contribution in [-0.4, -0.2) is 38.8 Å². The lowest BCUT2D eigenvalue weighted by Crippen LogP contribution is -2.40.